The minimum atomic E-state index is 0.461. The van der Waals surface area contributed by atoms with Gasteiger partial charge in [0.1, 0.15) is 0 Å². The average Bonchev–Trinajstić information content (AvgIpc) is 2.43. The summed E-state index contributed by atoms with van der Waals surface area (Å²) >= 11 is 0. The van der Waals surface area contributed by atoms with Crippen molar-refractivity contribution in [1.82, 2.24) is 0 Å². The van der Waals surface area contributed by atoms with Gasteiger partial charge >= 0.3 is 0 Å². The molecule has 2 unspecified atom stereocenters. The molecule has 0 spiro atoms. The first kappa shape index (κ1) is 17.0. The van der Waals surface area contributed by atoms with Crippen molar-refractivity contribution in [2.45, 2.75) is 110 Å². The van der Waals surface area contributed by atoms with E-state index in [0.29, 0.717) is 12.2 Å². The summed E-state index contributed by atoms with van der Waals surface area (Å²) in [5.41, 5.74) is 0. The van der Waals surface area contributed by atoms with Crippen molar-refractivity contribution in [3.63, 3.8) is 0 Å². The lowest BCUT2D eigenvalue weighted by atomic mass is 9.86. The van der Waals surface area contributed by atoms with E-state index in [1.165, 1.54) is 77.0 Å². The van der Waals surface area contributed by atoms with Crippen molar-refractivity contribution < 1.29 is 4.74 Å². The van der Waals surface area contributed by atoms with E-state index in [9.17, 15) is 0 Å². The van der Waals surface area contributed by atoms with Gasteiger partial charge in [-0.05, 0) is 39.0 Å². The number of unbranched alkanes of at least 4 members (excludes halogenated alkanes) is 5. The second-order valence-corrected chi connectivity index (χ2v) is 6.61. The van der Waals surface area contributed by atoms with Gasteiger partial charge in [0.05, 0.1) is 12.2 Å². The van der Waals surface area contributed by atoms with Crippen LogP contribution in [0.2, 0.25) is 0 Å². The van der Waals surface area contributed by atoms with E-state index in [-0.39, 0.29) is 0 Å². The van der Waals surface area contributed by atoms with Gasteiger partial charge in [0, 0.05) is 0 Å². The minimum absolute atomic E-state index is 0.461. The van der Waals surface area contributed by atoms with Crippen LogP contribution in [-0.4, -0.2) is 12.2 Å². The Kier molecular flexibility index (Phi) is 9.59. The SMILES string of the molecule is CCCCCCCCC(C)OC(C)C1CCCCC1. The van der Waals surface area contributed by atoms with Crippen LogP contribution in [0.1, 0.15) is 97.8 Å². The largest absolute Gasteiger partial charge is 0.375 e. The van der Waals surface area contributed by atoms with E-state index in [1.807, 2.05) is 0 Å². The topological polar surface area (TPSA) is 9.23 Å². The Morgan fingerprint density at radius 2 is 1.53 bits per heavy atom. The van der Waals surface area contributed by atoms with Gasteiger partial charge in [-0.1, -0.05) is 64.7 Å². The second kappa shape index (κ2) is 10.7. The van der Waals surface area contributed by atoms with E-state index in [2.05, 4.69) is 20.8 Å². The molecule has 0 aliphatic heterocycles. The molecule has 0 saturated heterocycles. The van der Waals surface area contributed by atoms with Gasteiger partial charge in [0.25, 0.3) is 0 Å². The average molecular weight is 268 g/mol. The number of hydrogen-bond donors (Lipinski definition) is 0. The first-order chi connectivity index (χ1) is 9.24. The Labute approximate surface area is 121 Å². The van der Waals surface area contributed by atoms with Gasteiger partial charge < -0.3 is 4.74 Å². The van der Waals surface area contributed by atoms with Crippen molar-refractivity contribution in [2.75, 3.05) is 0 Å². The van der Waals surface area contributed by atoms with E-state index in [0.717, 1.165) is 5.92 Å². The first-order valence-electron chi connectivity index (χ1n) is 8.89. The first-order valence-corrected chi connectivity index (χ1v) is 8.89. The van der Waals surface area contributed by atoms with Crippen LogP contribution in [0.25, 0.3) is 0 Å². The number of ether oxygens (including phenoxy) is 1. The third kappa shape index (κ3) is 7.97. The molecule has 0 radical (unpaired) electrons. The Morgan fingerprint density at radius 3 is 2.21 bits per heavy atom. The maximum absolute atomic E-state index is 6.22. The third-order valence-corrected chi connectivity index (χ3v) is 4.72. The minimum Gasteiger partial charge on any atom is -0.375 e. The fourth-order valence-electron chi connectivity index (χ4n) is 3.36. The predicted octanol–water partition coefficient (Wildman–Crippen LogP) is 6.11. The molecule has 2 atom stereocenters. The standard InChI is InChI=1S/C18H36O/c1-4-5-6-7-8-10-13-16(2)19-17(3)18-14-11-9-12-15-18/h16-18H,4-15H2,1-3H3. The van der Waals surface area contributed by atoms with Gasteiger partial charge in [0.2, 0.25) is 0 Å². The molecule has 1 rings (SSSR count). The lowest BCUT2D eigenvalue weighted by molar-refractivity contribution is -0.0362. The highest BCUT2D eigenvalue weighted by Gasteiger charge is 2.21. The normalized spacial score (nSPS) is 20.4. The molecule has 1 heteroatoms. The third-order valence-electron chi connectivity index (χ3n) is 4.72. The van der Waals surface area contributed by atoms with Gasteiger partial charge in [-0.15, -0.1) is 0 Å². The Balaban J connectivity index is 2.01. The highest BCUT2D eigenvalue weighted by atomic mass is 16.5. The van der Waals surface area contributed by atoms with E-state index in [4.69, 9.17) is 4.74 Å². The molecule has 1 nitrogen and oxygen atoms in total. The summed E-state index contributed by atoms with van der Waals surface area (Å²) in [6.07, 6.45) is 17.6. The summed E-state index contributed by atoms with van der Waals surface area (Å²) in [5, 5.41) is 0. The van der Waals surface area contributed by atoms with Crippen LogP contribution in [0.5, 0.6) is 0 Å². The van der Waals surface area contributed by atoms with Gasteiger partial charge in [-0.25, -0.2) is 0 Å². The molecule has 1 aliphatic carbocycles. The summed E-state index contributed by atoms with van der Waals surface area (Å²) in [7, 11) is 0. The molecule has 0 bridgehead atoms. The molecule has 1 aliphatic rings. The fraction of sp³-hybridized carbons (Fsp3) is 1.00. The predicted molar refractivity (Wildman–Crippen MR) is 84.6 cm³/mol. The smallest absolute Gasteiger partial charge is 0.0578 e. The van der Waals surface area contributed by atoms with E-state index < -0.39 is 0 Å². The monoisotopic (exact) mass is 268 g/mol. The highest BCUT2D eigenvalue weighted by Crippen LogP contribution is 2.28. The summed E-state index contributed by atoms with van der Waals surface area (Å²) in [5.74, 6) is 0.834. The van der Waals surface area contributed by atoms with Crippen LogP contribution in [0.4, 0.5) is 0 Å². The summed E-state index contributed by atoms with van der Waals surface area (Å²) in [4.78, 5) is 0. The van der Waals surface area contributed by atoms with E-state index in [1.54, 1.807) is 0 Å². The van der Waals surface area contributed by atoms with Crippen molar-refractivity contribution >= 4 is 0 Å². The molecule has 1 fully saturated rings. The lowest BCUT2D eigenvalue weighted by Crippen LogP contribution is -2.26. The Morgan fingerprint density at radius 1 is 0.895 bits per heavy atom. The molecule has 0 aromatic carbocycles. The quantitative estimate of drug-likeness (QED) is 0.434. The number of rotatable bonds is 10. The van der Waals surface area contributed by atoms with Crippen LogP contribution in [-0.2, 0) is 4.74 Å². The lowest BCUT2D eigenvalue weighted by Gasteiger charge is -2.30. The Bertz CT molecular complexity index is 196. The molecule has 19 heavy (non-hydrogen) atoms. The zero-order chi connectivity index (χ0) is 13.9. The van der Waals surface area contributed by atoms with Crippen molar-refractivity contribution in [3.8, 4) is 0 Å². The van der Waals surface area contributed by atoms with Gasteiger partial charge in [0.15, 0.2) is 0 Å². The molecule has 0 aromatic heterocycles. The van der Waals surface area contributed by atoms with Crippen LogP contribution in [0.15, 0.2) is 0 Å². The van der Waals surface area contributed by atoms with Crippen LogP contribution in [0, 0.1) is 5.92 Å². The maximum atomic E-state index is 6.22. The summed E-state index contributed by atoms with van der Waals surface area (Å²) in [6, 6.07) is 0. The zero-order valence-corrected chi connectivity index (χ0v) is 13.6. The molecule has 114 valence electrons. The molecular formula is C18H36O. The number of hydrogen-bond acceptors (Lipinski definition) is 1. The molecule has 0 amide bonds. The molecule has 0 heterocycles. The molecule has 0 N–H and O–H groups in total. The van der Waals surface area contributed by atoms with Crippen LogP contribution in [0.3, 0.4) is 0 Å². The summed E-state index contributed by atoms with van der Waals surface area (Å²) in [6.45, 7) is 6.85. The Hall–Kier alpha value is -0.0400. The highest BCUT2D eigenvalue weighted by molar-refractivity contribution is 4.72. The van der Waals surface area contributed by atoms with Crippen LogP contribution >= 0.6 is 0 Å². The van der Waals surface area contributed by atoms with Crippen molar-refractivity contribution in [2.24, 2.45) is 5.92 Å². The fourth-order valence-corrected chi connectivity index (χ4v) is 3.36. The van der Waals surface area contributed by atoms with Crippen molar-refractivity contribution in [3.05, 3.63) is 0 Å². The second-order valence-electron chi connectivity index (χ2n) is 6.61. The summed E-state index contributed by atoms with van der Waals surface area (Å²) < 4.78 is 6.22. The molecular weight excluding hydrogens is 232 g/mol. The van der Waals surface area contributed by atoms with E-state index >= 15 is 0 Å². The maximum Gasteiger partial charge on any atom is 0.0578 e. The molecule has 1 saturated carbocycles. The van der Waals surface area contributed by atoms with Gasteiger partial charge in [-0.2, -0.15) is 0 Å². The zero-order valence-electron chi connectivity index (χ0n) is 13.6. The van der Waals surface area contributed by atoms with Crippen LogP contribution < -0.4 is 0 Å². The van der Waals surface area contributed by atoms with Gasteiger partial charge in [-0.3, -0.25) is 0 Å². The van der Waals surface area contributed by atoms with Crippen molar-refractivity contribution in [1.29, 1.82) is 0 Å². The molecule has 0 aromatic rings.